The van der Waals surface area contributed by atoms with Gasteiger partial charge in [-0.15, -0.1) is 0 Å². The van der Waals surface area contributed by atoms with Gasteiger partial charge in [-0.3, -0.25) is 14.9 Å². The van der Waals surface area contributed by atoms with Crippen molar-refractivity contribution in [3.05, 3.63) is 52.3 Å². The number of hydrogen-bond acceptors (Lipinski definition) is 4. The third-order valence-corrected chi connectivity index (χ3v) is 2.07. The maximum Gasteiger partial charge on any atom is 0.280 e. The van der Waals surface area contributed by atoms with Gasteiger partial charge < -0.3 is 4.42 Å². The van der Waals surface area contributed by atoms with Crippen molar-refractivity contribution < 1.29 is 14.1 Å². The Morgan fingerprint density at radius 3 is 2.56 bits per heavy atom. The Bertz CT molecular complexity index is 544. The van der Waals surface area contributed by atoms with E-state index in [0.29, 0.717) is 5.56 Å². The molecular formula is C11H6NO4. The first-order valence-corrected chi connectivity index (χ1v) is 4.44. The van der Waals surface area contributed by atoms with Crippen molar-refractivity contribution in [1.82, 2.24) is 0 Å². The Morgan fingerprint density at radius 2 is 1.94 bits per heavy atom. The van der Waals surface area contributed by atoms with Crippen LogP contribution < -0.4 is 0 Å². The van der Waals surface area contributed by atoms with Crippen LogP contribution in [0.25, 0.3) is 11.3 Å². The number of nitrogens with zero attached hydrogens (tertiary/aromatic N) is 1. The van der Waals surface area contributed by atoms with Crippen LogP contribution in [0.3, 0.4) is 0 Å². The number of nitro benzene ring substituents is 1. The second-order valence-electron chi connectivity index (χ2n) is 3.04. The van der Waals surface area contributed by atoms with Crippen molar-refractivity contribution in [2.75, 3.05) is 0 Å². The highest BCUT2D eigenvalue weighted by atomic mass is 16.6. The summed E-state index contributed by atoms with van der Waals surface area (Å²) in [5, 5.41) is 10.8. The predicted molar refractivity (Wildman–Crippen MR) is 55.6 cm³/mol. The minimum Gasteiger partial charge on any atom is -0.452 e. The van der Waals surface area contributed by atoms with E-state index >= 15 is 0 Å². The fraction of sp³-hybridized carbons (Fsp3) is 0. The zero-order valence-electron chi connectivity index (χ0n) is 8.04. The number of hydrogen-bond donors (Lipinski definition) is 0. The SMILES string of the molecule is O=[C]c1ccc(-c2ccccc2[N+](=O)[O-])o1. The van der Waals surface area contributed by atoms with Gasteiger partial charge in [-0.25, -0.2) is 0 Å². The molecule has 0 fully saturated rings. The Hall–Kier alpha value is -2.43. The molecule has 2 rings (SSSR count). The maximum absolute atomic E-state index is 10.8. The highest BCUT2D eigenvalue weighted by Crippen LogP contribution is 2.30. The van der Waals surface area contributed by atoms with Gasteiger partial charge >= 0.3 is 0 Å². The van der Waals surface area contributed by atoms with Gasteiger partial charge in [-0.05, 0) is 18.2 Å². The van der Waals surface area contributed by atoms with Gasteiger partial charge in [-0.2, -0.15) is 0 Å². The monoisotopic (exact) mass is 216 g/mol. The summed E-state index contributed by atoms with van der Waals surface area (Å²) in [6.45, 7) is 0. The molecule has 2 aromatic rings. The lowest BCUT2D eigenvalue weighted by Gasteiger charge is -1.98. The predicted octanol–water partition coefficient (Wildman–Crippen LogP) is 2.31. The van der Waals surface area contributed by atoms with Crippen molar-refractivity contribution in [3.8, 4) is 11.3 Å². The van der Waals surface area contributed by atoms with Gasteiger partial charge in [0.05, 0.1) is 10.5 Å². The van der Waals surface area contributed by atoms with Gasteiger partial charge in [0.1, 0.15) is 5.76 Å². The minimum absolute atomic E-state index is 0.0214. The average molecular weight is 216 g/mol. The molecule has 16 heavy (non-hydrogen) atoms. The number of para-hydroxylation sites is 1. The number of carbonyl (C=O) groups excluding carboxylic acids is 1. The largest absolute Gasteiger partial charge is 0.452 e. The van der Waals surface area contributed by atoms with Crippen LogP contribution in [0.2, 0.25) is 0 Å². The van der Waals surface area contributed by atoms with E-state index in [1.54, 1.807) is 24.5 Å². The Balaban J connectivity index is 2.54. The standard InChI is InChI=1S/C11H6NO4/c13-7-8-5-6-11(16-8)9-3-1-2-4-10(9)12(14)15/h1-6H. The maximum atomic E-state index is 10.8. The van der Waals surface area contributed by atoms with Crippen LogP contribution >= 0.6 is 0 Å². The van der Waals surface area contributed by atoms with Gasteiger partial charge in [-0.1, -0.05) is 12.1 Å². The molecule has 5 heteroatoms. The van der Waals surface area contributed by atoms with Crippen molar-refractivity contribution >= 4 is 12.0 Å². The normalized spacial score (nSPS) is 10.0. The molecular weight excluding hydrogens is 210 g/mol. The van der Waals surface area contributed by atoms with Crippen LogP contribution in [0, 0.1) is 10.1 Å². The fourth-order valence-corrected chi connectivity index (χ4v) is 1.38. The smallest absolute Gasteiger partial charge is 0.280 e. The van der Waals surface area contributed by atoms with Crippen LogP contribution in [-0.2, 0) is 4.79 Å². The number of nitro groups is 1. The summed E-state index contributed by atoms with van der Waals surface area (Å²) in [5.41, 5.74) is 0.281. The Morgan fingerprint density at radius 1 is 1.19 bits per heavy atom. The number of benzene rings is 1. The molecule has 79 valence electrons. The lowest BCUT2D eigenvalue weighted by atomic mass is 10.1. The molecule has 0 bridgehead atoms. The molecule has 0 aliphatic carbocycles. The van der Waals surface area contributed by atoms with Crippen LogP contribution in [-0.4, -0.2) is 11.2 Å². The van der Waals surface area contributed by atoms with Crippen molar-refractivity contribution in [2.24, 2.45) is 0 Å². The van der Waals surface area contributed by atoms with Gasteiger partial charge in [0.2, 0.25) is 0 Å². The third-order valence-electron chi connectivity index (χ3n) is 2.07. The summed E-state index contributed by atoms with van der Waals surface area (Å²) in [6, 6.07) is 9.09. The van der Waals surface area contributed by atoms with Crippen molar-refractivity contribution in [2.45, 2.75) is 0 Å². The van der Waals surface area contributed by atoms with E-state index in [2.05, 4.69) is 0 Å². The first-order valence-electron chi connectivity index (χ1n) is 4.44. The highest BCUT2D eigenvalue weighted by molar-refractivity contribution is 5.75. The summed E-state index contributed by atoms with van der Waals surface area (Å²) in [5.74, 6) is 0.304. The van der Waals surface area contributed by atoms with E-state index in [0.717, 1.165) is 0 Å². The molecule has 0 N–H and O–H groups in total. The van der Waals surface area contributed by atoms with E-state index in [1.807, 2.05) is 0 Å². The summed E-state index contributed by atoms with van der Waals surface area (Å²) in [4.78, 5) is 20.6. The zero-order valence-corrected chi connectivity index (χ0v) is 8.04. The fourth-order valence-electron chi connectivity index (χ4n) is 1.38. The van der Waals surface area contributed by atoms with E-state index in [4.69, 9.17) is 4.42 Å². The summed E-state index contributed by atoms with van der Waals surface area (Å²) in [6.07, 6.45) is 1.58. The first kappa shape index (κ1) is 10.1. The van der Waals surface area contributed by atoms with Gasteiger partial charge in [0.15, 0.2) is 5.76 Å². The lowest BCUT2D eigenvalue weighted by molar-refractivity contribution is -0.384. The summed E-state index contributed by atoms with van der Waals surface area (Å²) in [7, 11) is 0. The number of rotatable bonds is 3. The number of furan rings is 1. The van der Waals surface area contributed by atoms with Crippen molar-refractivity contribution in [1.29, 1.82) is 0 Å². The van der Waals surface area contributed by atoms with E-state index < -0.39 is 4.92 Å². The summed E-state index contributed by atoms with van der Waals surface area (Å²) < 4.78 is 5.08. The molecule has 0 aliphatic rings. The molecule has 1 aromatic carbocycles. The molecule has 5 nitrogen and oxygen atoms in total. The van der Waals surface area contributed by atoms with Crippen LogP contribution in [0.5, 0.6) is 0 Å². The second kappa shape index (κ2) is 3.98. The highest BCUT2D eigenvalue weighted by Gasteiger charge is 2.16. The van der Waals surface area contributed by atoms with Crippen molar-refractivity contribution in [3.63, 3.8) is 0 Å². The topological polar surface area (TPSA) is 73.3 Å². The molecule has 1 radical (unpaired) electrons. The molecule has 1 aromatic heterocycles. The molecule has 0 saturated carbocycles. The van der Waals surface area contributed by atoms with Gasteiger partial charge in [0.25, 0.3) is 12.0 Å². The molecule has 0 saturated heterocycles. The molecule has 0 aliphatic heterocycles. The van der Waals surface area contributed by atoms with Crippen LogP contribution in [0.15, 0.2) is 40.8 Å². The molecule has 0 spiro atoms. The van der Waals surface area contributed by atoms with E-state index in [-0.39, 0.29) is 17.2 Å². The van der Waals surface area contributed by atoms with Crippen LogP contribution in [0.4, 0.5) is 5.69 Å². The molecule has 0 amide bonds. The lowest BCUT2D eigenvalue weighted by Crippen LogP contribution is -1.90. The van der Waals surface area contributed by atoms with E-state index in [9.17, 15) is 14.9 Å². The quantitative estimate of drug-likeness (QED) is 0.582. The molecule has 1 heterocycles. The second-order valence-corrected chi connectivity index (χ2v) is 3.04. The third kappa shape index (κ3) is 1.70. The zero-order chi connectivity index (χ0) is 11.5. The first-order chi connectivity index (χ1) is 7.72. The summed E-state index contributed by atoms with van der Waals surface area (Å²) >= 11 is 0. The average Bonchev–Trinajstić information content (AvgIpc) is 2.77. The molecule has 0 unspecified atom stereocenters. The Labute approximate surface area is 90.5 Å². The minimum atomic E-state index is -0.498. The Kier molecular flexibility index (Phi) is 2.51. The van der Waals surface area contributed by atoms with Crippen LogP contribution in [0.1, 0.15) is 5.76 Å². The molecule has 0 atom stereocenters. The van der Waals surface area contributed by atoms with Gasteiger partial charge in [0, 0.05) is 6.07 Å². The van der Waals surface area contributed by atoms with E-state index in [1.165, 1.54) is 18.2 Å².